The van der Waals surface area contributed by atoms with Gasteiger partial charge in [-0.15, -0.1) is 0 Å². The fraction of sp³-hybridized carbons (Fsp3) is 0.760. The number of hydrogen-bond acceptors (Lipinski definition) is 4. The van der Waals surface area contributed by atoms with Crippen LogP contribution >= 0.6 is 0 Å². The summed E-state index contributed by atoms with van der Waals surface area (Å²) in [6.07, 6.45) is 3.29. The van der Waals surface area contributed by atoms with E-state index in [9.17, 15) is 14.7 Å². The Balaban J connectivity index is 1.64. The first-order chi connectivity index (χ1) is 14.2. The summed E-state index contributed by atoms with van der Waals surface area (Å²) in [6.45, 7) is 8.57. The van der Waals surface area contributed by atoms with Crippen molar-refractivity contribution >= 4 is 11.8 Å². The summed E-state index contributed by atoms with van der Waals surface area (Å²) >= 11 is 0. The van der Waals surface area contributed by atoms with Crippen LogP contribution in [0.3, 0.4) is 0 Å². The largest absolute Gasteiger partial charge is 0.462 e. The molecule has 0 heterocycles. The standard InChI is InChI=1S/C25H34F2O4/c1-14-12-24(5)17(11-19(14)28)18(26)10-16-15-6-7-20(31-21(29)13-22(2,3)30)23(15,4)8-9-25(16,24)27/h11-12,15-16,18,20,30H,6-10,13H2,1-5H3/t15-,16-,18-,20-,23-,24-,25+/m0/s1. The molecule has 4 aliphatic rings. The SMILES string of the molecule is CC1=C[C@@]2(C)C(=CC1=O)[C@@H](F)C[C@H]1[C@@H]3CC[C@H](OC(=O)CC(C)(C)O)[C@@]3(C)CC[C@@]12F. The van der Waals surface area contributed by atoms with E-state index in [0.29, 0.717) is 24.8 Å². The Labute approximate surface area is 183 Å². The number of esters is 1. The molecule has 172 valence electrons. The van der Waals surface area contributed by atoms with Crippen molar-refractivity contribution in [3.05, 3.63) is 23.3 Å². The van der Waals surface area contributed by atoms with E-state index in [1.807, 2.05) is 6.92 Å². The van der Waals surface area contributed by atoms with Crippen molar-refractivity contribution in [1.29, 1.82) is 0 Å². The van der Waals surface area contributed by atoms with Gasteiger partial charge in [0.15, 0.2) is 5.78 Å². The number of ether oxygens (including phenoxy) is 1. The van der Waals surface area contributed by atoms with Crippen molar-refractivity contribution in [1.82, 2.24) is 0 Å². The molecule has 0 aromatic carbocycles. The van der Waals surface area contributed by atoms with Crippen LogP contribution in [0.25, 0.3) is 0 Å². The van der Waals surface area contributed by atoms with Crippen LogP contribution in [0.1, 0.15) is 73.1 Å². The van der Waals surface area contributed by atoms with Crippen molar-refractivity contribution in [2.75, 3.05) is 0 Å². The number of carbonyl (C=O) groups excluding carboxylic acids is 2. The average molecular weight is 437 g/mol. The molecule has 0 unspecified atom stereocenters. The highest BCUT2D eigenvalue weighted by Crippen LogP contribution is 2.68. The summed E-state index contributed by atoms with van der Waals surface area (Å²) in [5.41, 5.74) is -3.60. The van der Waals surface area contributed by atoms with Gasteiger partial charge in [-0.2, -0.15) is 0 Å². The first-order valence-corrected chi connectivity index (χ1v) is 11.4. The molecule has 3 fully saturated rings. The minimum atomic E-state index is -1.64. The summed E-state index contributed by atoms with van der Waals surface area (Å²) in [5.74, 6) is -1.30. The molecule has 6 heteroatoms. The Morgan fingerprint density at radius 3 is 2.58 bits per heavy atom. The van der Waals surface area contributed by atoms with E-state index in [1.54, 1.807) is 33.8 Å². The molecule has 4 aliphatic carbocycles. The average Bonchev–Trinajstić information content (AvgIpc) is 2.95. The predicted octanol–water partition coefficient (Wildman–Crippen LogP) is 4.80. The van der Waals surface area contributed by atoms with Crippen LogP contribution in [0.4, 0.5) is 8.78 Å². The molecule has 0 saturated heterocycles. The molecule has 0 bridgehead atoms. The first-order valence-electron chi connectivity index (χ1n) is 11.4. The van der Waals surface area contributed by atoms with E-state index < -0.39 is 40.2 Å². The van der Waals surface area contributed by atoms with Gasteiger partial charge < -0.3 is 9.84 Å². The van der Waals surface area contributed by atoms with Gasteiger partial charge in [0.25, 0.3) is 0 Å². The molecule has 7 atom stereocenters. The quantitative estimate of drug-likeness (QED) is 0.646. The van der Waals surface area contributed by atoms with Crippen LogP contribution in [-0.4, -0.2) is 40.4 Å². The van der Waals surface area contributed by atoms with Gasteiger partial charge >= 0.3 is 5.97 Å². The zero-order valence-corrected chi connectivity index (χ0v) is 19.1. The summed E-state index contributed by atoms with van der Waals surface area (Å²) in [4.78, 5) is 24.6. The van der Waals surface area contributed by atoms with Crippen LogP contribution in [-0.2, 0) is 14.3 Å². The van der Waals surface area contributed by atoms with Crippen molar-refractivity contribution in [3.63, 3.8) is 0 Å². The summed E-state index contributed by atoms with van der Waals surface area (Å²) < 4.78 is 38.1. The van der Waals surface area contributed by atoms with E-state index in [4.69, 9.17) is 4.74 Å². The van der Waals surface area contributed by atoms with E-state index >= 15 is 8.78 Å². The van der Waals surface area contributed by atoms with Crippen LogP contribution in [0.5, 0.6) is 0 Å². The molecule has 4 nitrogen and oxygen atoms in total. The number of carbonyl (C=O) groups is 2. The highest BCUT2D eigenvalue weighted by molar-refractivity contribution is 6.05. The second-order valence-electron chi connectivity index (χ2n) is 11.3. The van der Waals surface area contributed by atoms with E-state index in [1.165, 1.54) is 6.08 Å². The van der Waals surface area contributed by atoms with E-state index in [-0.39, 0.29) is 42.6 Å². The van der Waals surface area contributed by atoms with Crippen LogP contribution < -0.4 is 0 Å². The number of hydrogen-bond donors (Lipinski definition) is 1. The lowest BCUT2D eigenvalue weighted by Crippen LogP contribution is -2.62. The van der Waals surface area contributed by atoms with Crippen molar-refractivity contribution in [3.8, 4) is 0 Å². The first kappa shape index (κ1) is 22.6. The van der Waals surface area contributed by atoms with E-state index in [2.05, 4.69) is 0 Å². The summed E-state index contributed by atoms with van der Waals surface area (Å²) in [5, 5.41) is 9.93. The smallest absolute Gasteiger partial charge is 0.308 e. The van der Waals surface area contributed by atoms with Gasteiger partial charge in [-0.3, -0.25) is 9.59 Å². The summed E-state index contributed by atoms with van der Waals surface area (Å²) in [7, 11) is 0. The van der Waals surface area contributed by atoms with Gasteiger partial charge in [-0.25, -0.2) is 8.78 Å². The van der Waals surface area contributed by atoms with Crippen LogP contribution in [0, 0.1) is 22.7 Å². The maximum Gasteiger partial charge on any atom is 0.308 e. The van der Waals surface area contributed by atoms with Gasteiger partial charge in [-0.05, 0) is 82.9 Å². The maximum absolute atomic E-state index is 16.9. The fourth-order valence-electron chi connectivity index (χ4n) is 7.05. The lowest BCUT2D eigenvalue weighted by Gasteiger charge is -2.60. The number of rotatable bonds is 3. The molecule has 0 aromatic heterocycles. The van der Waals surface area contributed by atoms with Crippen molar-refractivity contribution in [2.45, 2.75) is 96.7 Å². The molecule has 0 radical (unpaired) electrons. The minimum absolute atomic E-state index is 0.0582. The number of ketones is 1. The zero-order chi connectivity index (χ0) is 23.0. The summed E-state index contributed by atoms with van der Waals surface area (Å²) in [6, 6.07) is 0. The van der Waals surface area contributed by atoms with Gasteiger partial charge in [0.1, 0.15) is 17.9 Å². The lowest BCUT2D eigenvalue weighted by atomic mass is 9.46. The highest BCUT2D eigenvalue weighted by atomic mass is 19.1. The lowest BCUT2D eigenvalue weighted by molar-refractivity contribution is -0.173. The number of allylic oxidation sites excluding steroid dienone is 4. The van der Waals surface area contributed by atoms with Crippen molar-refractivity contribution in [2.24, 2.45) is 22.7 Å². The molecular formula is C25H34F2O4. The highest BCUT2D eigenvalue weighted by Gasteiger charge is 2.69. The third kappa shape index (κ3) is 3.32. The Hall–Kier alpha value is -1.56. The Bertz CT molecular complexity index is 871. The molecule has 1 N–H and O–H groups in total. The third-order valence-corrected chi connectivity index (χ3v) is 8.72. The normalized spacial score (nSPS) is 44.6. The molecule has 0 amide bonds. The van der Waals surface area contributed by atoms with Gasteiger partial charge in [0, 0.05) is 16.7 Å². The number of alkyl halides is 2. The molecular weight excluding hydrogens is 402 g/mol. The molecule has 0 spiro atoms. The number of fused-ring (bicyclic) bond motifs is 5. The molecule has 0 aromatic rings. The number of aliphatic hydroxyl groups is 1. The Kier molecular flexibility index (Phi) is 5.09. The van der Waals surface area contributed by atoms with Gasteiger partial charge in [-0.1, -0.05) is 13.0 Å². The van der Waals surface area contributed by atoms with Crippen molar-refractivity contribution < 1.29 is 28.2 Å². The second kappa shape index (κ2) is 6.97. The molecule has 0 aliphatic heterocycles. The minimum Gasteiger partial charge on any atom is -0.462 e. The monoisotopic (exact) mass is 436 g/mol. The van der Waals surface area contributed by atoms with Gasteiger partial charge in [0.05, 0.1) is 12.0 Å². The zero-order valence-electron chi connectivity index (χ0n) is 19.1. The predicted molar refractivity (Wildman–Crippen MR) is 113 cm³/mol. The number of halogens is 2. The second-order valence-corrected chi connectivity index (χ2v) is 11.3. The van der Waals surface area contributed by atoms with Gasteiger partial charge in [0.2, 0.25) is 0 Å². The molecule has 4 rings (SSSR count). The molecule has 3 saturated carbocycles. The van der Waals surface area contributed by atoms with Crippen LogP contribution in [0.2, 0.25) is 0 Å². The topological polar surface area (TPSA) is 63.6 Å². The Morgan fingerprint density at radius 2 is 1.94 bits per heavy atom. The maximum atomic E-state index is 16.9. The molecule has 31 heavy (non-hydrogen) atoms. The van der Waals surface area contributed by atoms with E-state index in [0.717, 1.165) is 0 Å². The fourth-order valence-corrected chi connectivity index (χ4v) is 7.05. The Morgan fingerprint density at radius 1 is 1.26 bits per heavy atom. The van der Waals surface area contributed by atoms with Crippen LogP contribution in [0.15, 0.2) is 23.3 Å². The third-order valence-electron chi connectivity index (χ3n) is 8.72.